The van der Waals surface area contributed by atoms with Crippen molar-refractivity contribution in [2.45, 2.75) is 26.2 Å². The molecule has 0 radical (unpaired) electrons. The van der Waals surface area contributed by atoms with Crippen molar-refractivity contribution in [3.8, 4) is 0 Å². The molecule has 1 aliphatic rings. The Kier molecular flexibility index (Phi) is 2.68. The summed E-state index contributed by atoms with van der Waals surface area (Å²) in [6.07, 6.45) is 3.48. The SMILES string of the molecule is Cc1cc(CC(=O)C2CC2)ncc1[N+](=O)[O-]. The van der Waals surface area contributed by atoms with Gasteiger partial charge in [0, 0.05) is 23.6 Å². The van der Waals surface area contributed by atoms with Crippen LogP contribution in [-0.2, 0) is 11.2 Å². The Morgan fingerprint density at radius 3 is 2.81 bits per heavy atom. The average Bonchev–Trinajstić information content (AvgIpc) is 2.99. The van der Waals surface area contributed by atoms with Crippen molar-refractivity contribution in [2.24, 2.45) is 5.92 Å². The van der Waals surface area contributed by atoms with Gasteiger partial charge in [-0.15, -0.1) is 0 Å². The lowest BCUT2D eigenvalue weighted by molar-refractivity contribution is -0.385. The van der Waals surface area contributed by atoms with Gasteiger partial charge < -0.3 is 0 Å². The van der Waals surface area contributed by atoms with Crippen LogP contribution in [0.15, 0.2) is 12.3 Å². The van der Waals surface area contributed by atoms with Crippen LogP contribution < -0.4 is 0 Å². The predicted molar refractivity (Wildman–Crippen MR) is 57.1 cm³/mol. The van der Waals surface area contributed by atoms with Gasteiger partial charge in [0.15, 0.2) is 0 Å². The molecule has 0 aromatic carbocycles. The summed E-state index contributed by atoms with van der Waals surface area (Å²) >= 11 is 0. The van der Waals surface area contributed by atoms with Crippen molar-refractivity contribution in [3.05, 3.63) is 33.6 Å². The monoisotopic (exact) mass is 220 g/mol. The molecule has 84 valence electrons. The van der Waals surface area contributed by atoms with Gasteiger partial charge in [0.25, 0.3) is 5.69 Å². The molecule has 1 fully saturated rings. The molecule has 1 aliphatic carbocycles. The molecule has 0 N–H and O–H groups in total. The van der Waals surface area contributed by atoms with Crippen LogP contribution in [0.2, 0.25) is 0 Å². The molecule has 0 atom stereocenters. The smallest absolute Gasteiger partial charge is 0.290 e. The second kappa shape index (κ2) is 4.00. The third-order valence-electron chi connectivity index (χ3n) is 2.72. The van der Waals surface area contributed by atoms with Gasteiger partial charge in [0.1, 0.15) is 12.0 Å². The van der Waals surface area contributed by atoms with Gasteiger partial charge in [0.2, 0.25) is 0 Å². The van der Waals surface area contributed by atoms with E-state index in [-0.39, 0.29) is 17.4 Å². The number of aryl methyl sites for hydroxylation is 1. The van der Waals surface area contributed by atoms with E-state index in [1.807, 2.05) is 0 Å². The van der Waals surface area contributed by atoms with Gasteiger partial charge in [-0.2, -0.15) is 0 Å². The number of nitrogens with zero attached hydrogens (tertiary/aromatic N) is 2. The highest BCUT2D eigenvalue weighted by atomic mass is 16.6. The fraction of sp³-hybridized carbons (Fsp3) is 0.455. The molecule has 1 saturated carbocycles. The number of pyridine rings is 1. The minimum atomic E-state index is -0.463. The zero-order valence-corrected chi connectivity index (χ0v) is 8.97. The molecule has 0 saturated heterocycles. The van der Waals surface area contributed by atoms with Crippen molar-refractivity contribution in [1.82, 2.24) is 4.98 Å². The number of nitro groups is 1. The van der Waals surface area contributed by atoms with Gasteiger partial charge in [-0.05, 0) is 25.8 Å². The molecule has 0 amide bonds. The van der Waals surface area contributed by atoms with E-state index in [0.717, 1.165) is 12.8 Å². The Bertz CT molecular complexity index is 453. The molecule has 1 heterocycles. The van der Waals surface area contributed by atoms with E-state index >= 15 is 0 Å². The summed E-state index contributed by atoms with van der Waals surface area (Å²) in [5, 5.41) is 10.6. The van der Waals surface area contributed by atoms with Crippen molar-refractivity contribution >= 4 is 11.5 Å². The van der Waals surface area contributed by atoms with E-state index in [1.165, 1.54) is 6.20 Å². The molecule has 5 nitrogen and oxygen atoms in total. The number of hydrogen-bond donors (Lipinski definition) is 0. The van der Waals surface area contributed by atoms with Crippen molar-refractivity contribution in [3.63, 3.8) is 0 Å². The number of ketones is 1. The maximum absolute atomic E-state index is 11.5. The maximum Gasteiger partial charge on any atom is 0.290 e. The van der Waals surface area contributed by atoms with Crippen molar-refractivity contribution in [2.75, 3.05) is 0 Å². The summed E-state index contributed by atoms with van der Waals surface area (Å²) in [4.78, 5) is 25.6. The maximum atomic E-state index is 11.5. The highest BCUT2D eigenvalue weighted by Gasteiger charge is 2.29. The fourth-order valence-electron chi connectivity index (χ4n) is 1.62. The van der Waals surface area contributed by atoms with Crippen LogP contribution in [0, 0.1) is 23.0 Å². The lowest BCUT2D eigenvalue weighted by atomic mass is 10.1. The highest BCUT2D eigenvalue weighted by molar-refractivity contribution is 5.84. The first-order valence-corrected chi connectivity index (χ1v) is 5.20. The second-order valence-corrected chi connectivity index (χ2v) is 4.14. The van der Waals surface area contributed by atoms with Gasteiger partial charge >= 0.3 is 0 Å². The predicted octanol–water partition coefficient (Wildman–Crippen LogP) is 1.82. The third-order valence-corrected chi connectivity index (χ3v) is 2.72. The third kappa shape index (κ3) is 2.24. The summed E-state index contributed by atoms with van der Waals surface area (Å²) < 4.78 is 0. The first-order chi connectivity index (χ1) is 7.58. The Morgan fingerprint density at radius 2 is 2.31 bits per heavy atom. The van der Waals surface area contributed by atoms with Crippen molar-refractivity contribution in [1.29, 1.82) is 0 Å². The van der Waals surface area contributed by atoms with Gasteiger partial charge in [-0.25, -0.2) is 0 Å². The van der Waals surface area contributed by atoms with Gasteiger partial charge in [0.05, 0.1) is 4.92 Å². The lowest BCUT2D eigenvalue weighted by Crippen LogP contribution is -2.07. The zero-order chi connectivity index (χ0) is 11.7. The first-order valence-electron chi connectivity index (χ1n) is 5.20. The summed E-state index contributed by atoms with van der Waals surface area (Å²) in [5.41, 5.74) is 1.18. The van der Waals surface area contributed by atoms with Crippen LogP contribution in [-0.4, -0.2) is 15.7 Å². The summed E-state index contributed by atoms with van der Waals surface area (Å²) in [5.74, 6) is 0.401. The molecule has 0 bridgehead atoms. The Balaban J connectivity index is 2.14. The molecule has 0 spiro atoms. The number of carbonyl (C=O) groups excluding carboxylic acids is 1. The number of carbonyl (C=O) groups is 1. The summed E-state index contributed by atoms with van der Waals surface area (Å²) in [6.45, 7) is 1.66. The van der Waals surface area contributed by atoms with Gasteiger partial charge in [-0.1, -0.05) is 0 Å². The molecular weight excluding hydrogens is 208 g/mol. The Morgan fingerprint density at radius 1 is 1.62 bits per heavy atom. The molecule has 2 rings (SSSR count). The average molecular weight is 220 g/mol. The van der Waals surface area contributed by atoms with Crippen LogP contribution in [0.3, 0.4) is 0 Å². The fourth-order valence-corrected chi connectivity index (χ4v) is 1.62. The lowest BCUT2D eigenvalue weighted by Gasteiger charge is -2.01. The largest absolute Gasteiger partial charge is 0.299 e. The highest BCUT2D eigenvalue weighted by Crippen LogP contribution is 2.31. The molecule has 1 aromatic heterocycles. The zero-order valence-electron chi connectivity index (χ0n) is 8.97. The Hall–Kier alpha value is -1.78. The topological polar surface area (TPSA) is 73.1 Å². The number of rotatable bonds is 4. The number of hydrogen-bond acceptors (Lipinski definition) is 4. The van der Waals surface area contributed by atoms with Crippen LogP contribution in [0.1, 0.15) is 24.1 Å². The van der Waals surface area contributed by atoms with E-state index in [0.29, 0.717) is 17.7 Å². The second-order valence-electron chi connectivity index (χ2n) is 4.14. The molecule has 0 unspecified atom stereocenters. The quantitative estimate of drug-likeness (QED) is 0.573. The molecule has 1 aromatic rings. The molecule has 0 aliphatic heterocycles. The van der Waals surface area contributed by atoms with E-state index in [1.54, 1.807) is 13.0 Å². The molecule has 16 heavy (non-hydrogen) atoms. The van der Waals surface area contributed by atoms with Crippen LogP contribution in [0.5, 0.6) is 0 Å². The number of Topliss-reactive ketones (excluding diaryl/α,β-unsaturated/α-hetero) is 1. The first kappa shape index (κ1) is 10.7. The van der Waals surface area contributed by atoms with Crippen LogP contribution in [0.25, 0.3) is 0 Å². The van der Waals surface area contributed by atoms with E-state index in [4.69, 9.17) is 0 Å². The van der Waals surface area contributed by atoms with E-state index in [9.17, 15) is 14.9 Å². The summed E-state index contributed by atoms with van der Waals surface area (Å²) in [7, 11) is 0. The molecule has 5 heteroatoms. The van der Waals surface area contributed by atoms with Crippen LogP contribution >= 0.6 is 0 Å². The van der Waals surface area contributed by atoms with Crippen LogP contribution in [0.4, 0.5) is 5.69 Å². The summed E-state index contributed by atoms with van der Waals surface area (Å²) in [6, 6.07) is 1.62. The van der Waals surface area contributed by atoms with E-state index in [2.05, 4.69) is 4.98 Å². The van der Waals surface area contributed by atoms with Gasteiger partial charge in [-0.3, -0.25) is 19.9 Å². The standard InChI is InChI=1S/C11H12N2O3/c1-7-4-9(5-11(14)8-2-3-8)12-6-10(7)13(15)16/h4,6,8H,2-3,5H2,1H3. The Labute approximate surface area is 92.6 Å². The minimum absolute atomic E-state index is 0.00243. The number of aromatic nitrogens is 1. The van der Waals surface area contributed by atoms with Crippen molar-refractivity contribution < 1.29 is 9.72 Å². The van der Waals surface area contributed by atoms with E-state index < -0.39 is 4.92 Å². The minimum Gasteiger partial charge on any atom is -0.299 e. The molecular formula is C11H12N2O3. The normalized spacial score (nSPS) is 14.8.